The molecule has 23 heavy (non-hydrogen) atoms. The Morgan fingerprint density at radius 2 is 1.43 bits per heavy atom. The molecule has 0 aromatic carbocycles. The summed E-state index contributed by atoms with van der Waals surface area (Å²) in [5.41, 5.74) is 0. The first-order chi connectivity index (χ1) is 10.6. The second kappa shape index (κ2) is 11.9. The molecular weight excluding hydrogens is 338 g/mol. The average Bonchev–Trinajstić information content (AvgIpc) is 2.39. The normalized spacial score (nSPS) is 13.8. The summed E-state index contributed by atoms with van der Waals surface area (Å²) in [5.74, 6) is 0. The highest BCUT2D eigenvalue weighted by atomic mass is 28.4. The van der Waals surface area contributed by atoms with Crippen LogP contribution in [0.5, 0.6) is 0 Å². The minimum atomic E-state index is -1.29. The molecule has 0 aliphatic heterocycles. The van der Waals surface area contributed by atoms with Crippen LogP contribution in [0.25, 0.3) is 0 Å². The van der Waals surface area contributed by atoms with E-state index < -0.39 is 16.5 Å². The van der Waals surface area contributed by atoms with Gasteiger partial charge in [0.05, 0.1) is 6.73 Å². The van der Waals surface area contributed by atoms with E-state index in [0.717, 1.165) is 32.6 Å². The molecule has 0 N–H and O–H groups in total. The van der Waals surface area contributed by atoms with Gasteiger partial charge >= 0.3 is 0 Å². The molecule has 0 spiro atoms. The van der Waals surface area contributed by atoms with Gasteiger partial charge in [-0.1, -0.05) is 45.3 Å². The van der Waals surface area contributed by atoms with Gasteiger partial charge in [-0.3, -0.25) is 0 Å². The molecule has 0 unspecified atom stereocenters. The highest BCUT2D eigenvalue weighted by molar-refractivity contribution is 6.89. The number of ether oxygens (including phenoxy) is 3. The Morgan fingerprint density at radius 1 is 0.913 bits per heavy atom. The zero-order valence-electron chi connectivity index (χ0n) is 16.9. The van der Waals surface area contributed by atoms with Crippen LogP contribution in [0.15, 0.2) is 0 Å². The molecule has 0 atom stereocenters. The zero-order chi connectivity index (χ0) is 17.9. The first kappa shape index (κ1) is 23.5. The zero-order valence-corrected chi connectivity index (χ0v) is 20.3. The van der Waals surface area contributed by atoms with E-state index in [-0.39, 0.29) is 15.8 Å². The minimum Gasteiger partial charge on any atom is -0.367 e. The molecule has 0 heterocycles. The highest BCUT2D eigenvalue weighted by Crippen LogP contribution is 2.19. The van der Waals surface area contributed by atoms with Gasteiger partial charge in [0.2, 0.25) is 0 Å². The molecule has 0 aliphatic carbocycles. The minimum absolute atomic E-state index is 0.0341. The molecule has 0 fully saturated rings. The van der Waals surface area contributed by atoms with Gasteiger partial charge in [-0.05, 0) is 26.3 Å². The Balaban J connectivity index is 3.87. The summed E-state index contributed by atoms with van der Waals surface area (Å²) in [6.45, 7) is 21.8. The molecule has 7 heteroatoms. The highest BCUT2D eigenvalue weighted by Gasteiger charge is 2.34. The van der Waals surface area contributed by atoms with Crippen LogP contribution in [0, 0.1) is 0 Å². The fourth-order valence-electron chi connectivity index (χ4n) is 2.83. The molecule has 0 aliphatic rings. The maximum absolute atomic E-state index is 6.01. The topological polar surface area (TPSA) is 30.9 Å². The van der Waals surface area contributed by atoms with Gasteiger partial charge < -0.3 is 18.4 Å². The summed E-state index contributed by atoms with van der Waals surface area (Å²) in [7, 11) is -2.68. The van der Waals surface area contributed by atoms with Gasteiger partial charge in [0.15, 0.2) is 6.29 Å². The lowest BCUT2D eigenvalue weighted by Crippen LogP contribution is -2.59. The van der Waals surface area contributed by atoms with Crippen molar-refractivity contribution in [2.24, 2.45) is 0 Å². The van der Waals surface area contributed by atoms with Gasteiger partial charge in [0.1, 0.15) is 16.5 Å². The van der Waals surface area contributed by atoms with E-state index in [1.165, 1.54) is 12.5 Å². The first-order valence-corrected chi connectivity index (χ1v) is 18.1. The molecule has 0 aromatic heterocycles. The lowest BCUT2D eigenvalue weighted by Gasteiger charge is -2.43. The van der Waals surface area contributed by atoms with Crippen LogP contribution < -0.4 is 0 Å². The van der Waals surface area contributed by atoms with Crippen LogP contribution in [0.4, 0.5) is 0 Å². The first-order valence-electron chi connectivity index (χ1n) is 9.21. The summed E-state index contributed by atoms with van der Waals surface area (Å²) in [4.78, 5) is 0. The number of hydrogen-bond acceptors (Lipinski definition) is 4. The van der Waals surface area contributed by atoms with E-state index in [0.29, 0.717) is 0 Å². The second-order valence-corrected chi connectivity index (χ2v) is 20.2. The third-order valence-electron chi connectivity index (χ3n) is 3.77. The fraction of sp³-hybridized carbons (Fsp3) is 1.00. The van der Waals surface area contributed by atoms with Gasteiger partial charge in [-0.2, -0.15) is 0 Å². The molecule has 140 valence electrons. The van der Waals surface area contributed by atoms with Gasteiger partial charge in [-0.15, -0.1) is 0 Å². The van der Waals surface area contributed by atoms with Gasteiger partial charge in [0.25, 0.3) is 0 Å². The van der Waals surface area contributed by atoms with E-state index >= 15 is 0 Å². The van der Waals surface area contributed by atoms with Crippen LogP contribution in [0.3, 0.4) is 0 Å². The van der Waals surface area contributed by atoms with E-state index in [1.807, 2.05) is 13.8 Å². The summed E-state index contributed by atoms with van der Waals surface area (Å²) in [6.07, 6.45) is 1.22. The van der Waals surface area contributed by atoms with Crippen molar-refractivity contribution in [3.05, 3.63) is 0 Å². The maximum Gasteiger partial charge on any atom is 0.154 e. The predicted octanol–water partition coefficient (Wildman–Crippen LogP) is 3.73. The van der Waals surface area contributed by atoms with Crippen LogP contribution in [-0.2, 0) is 14.2 Å². The SMILES string of the molecule is CCOC(C[SiH2]CCCOCN([Si](C)(C)C)[Si](C)(C)C)OCC. The van der Waals surface area contributed by atoms with Crippen molar-refractivity contribution in [1.29, 1.82) is 0 Å². The van der Waals surface area contributed by atoms with Crippen molar-refractivity contribution in [3.8, 4) is 0 Å². The van der Waals surface area contributed by atoms with Crippen molar-refractivity contribution in [2.75, 3.05) is 26.6 Å². The molecule has 0 rings (SSSR count). The summed E-state index contributed by atoms with van der Waals surface area (Å²) in [5, 5.41) is 0. The Morgan fingerprint density at radius 3 is 1.87 bits per heavy atom. The fourth-order valence-corrected chi connectivity index (χ4v) is 13.3. The summed E-state index contributed by atoms with van der Waals surface area (Å²) < 4.78 is 19.9. The van der Waals surface area contributed by atoms with E-state index in [4.69, 9.17) is 14.2 Å². The Hall–Kier alpha value is 0.491. The Labute approximate surface area is 149 Å². The Bertz CT molecular complexity index is 273. The summed E-state index contributed by atoms with van der Waals surface area (Å²) >= 11 is 0. The third-order valence-corrected chi connectivity index (χ3v) is 13.2. The number of hydrogen-bond donors (Lipinski definition) is 0. The lowest BCUT2D eigenvalue weighted by molar-refractivity contribution is -0.123. The smallest absolute Gasteiger partial charge is 0.154 e. The molecular formula is C16H41NO3Si3. The molecule has 0 amide bonds. The van der Waals surface area contributed by atoms with Crippen molar-refractivity contribution >= 4 is 26.0 Å². The molecule has 0 saturated carbocycles. The number of nitrogens with zero attached hydrogens (tertiary/aromatic N) is 1. The van der Waals surface area contributed by atoms with E-state index in [2.05, 4.69) is 43.5 Å². The van der Waals surface area contributed by atoms with Crippen molar-refractivity contribution in [1.82, 2.24) is 4.23 Å². The maximum atomic E-state index is 6.01. The molecule has 0 bridgehead atoms. The number of rotatable bonds is 14. The van der Waals surface area contributed by atoms with Crippen LogP contribution in [0.2, 0.25) is 51.4 Å². The molecule has 0 radical (unpaired) electrons. The third kappa shape index (κ3) is 11.6. The molecule has 4 nitrogen and oxygen atoms in total. The van der Waals surface area contributed by atoms with Crippen LogP contribution in [-0.4, -0.2) is 63.1 Å². The Kier molecular flexibility index (Phi) is 12.2. The standard InChI is InChI=1S/C16H41NO3Si3/c1-9-19-16(20-10-2)14-21-13-11-12-18-15-17(22(3,4)5)23(6,7)8/h16H,9-15,21H2,1-8H3. The average molecular weight is 380 g/mol. The van der Waals surface area contributed by atoms with E-state index in [1.54, 1.807) is 0 Å². The van der Waals surface area contributed by atoms with Crippen molar-refractivity contribution in [3.63, 3.8) is 0 Å². The monoisotopic (exact) mass is 379 g/mol. The van der Waals surface area contributed by atoms with Gasteiger partial charge in [-0.25, -0.2) is 0 Å². The van der Waals surface area contributed by atoms with E-state index in [9.17, 15) is 0 Å². The van der Waals surface area contributed by atoms with Crippen LogP contribution >= 0.6 is 0 Å². The largest absolute Gasteiger partial charge is 0.367 e. The van der Waals surface area contributed by atoms with Crippen LogP contribution in [0.1, 0.15) is 20.3 Å². The molecule has 0 saturated heterocycles. The van der Waals surface area contributed by atoms with Gasteiger partial charge in [0, 0.05) is 29.3 Å². The van der Waals surface area contributed by atoms with Crippen molar-refractivity contribution < 1.29 is 14.2 Å². The lowest BCUT2D eigenvalue weighted by atomic mass is 10.5. The summed E-state index contributed by atoms with van der Waals surface area (Å²) in [6, 6.07) is 2.44. The quantitative estimate of drug-likeness (QED) is 0.261. The van der Waals surface area contributed by atoms with Crippen molar-refractivity contribution in [2.45, 2.75) is 77.9 Å². The molecule has 0 aromatic rings. The predicted molar refractivity (Wildman–Crippen MR) is 109 cm³/mol. The second-order valence-electron chi connectivity index (χ2n) is 8.00.